The summed E-state index contributed by atoms with van der Waals surface area (Å²) in [5.41, 5.74) is -0.488. The lowest BCUT2D eigenvalue weighted by Crippen LogP contribution is -2.51. The second-order valence-corrected chi connectivity index (χ2v) is 5.53. The number of piperidine rings is 1. The van der Waals surface area contributed by atoms with Gasteiger partial charge in [0, 0.05) is 24.9 Å². The molecule has 4 nitrogen and oxygen atoms in total. The summed E-state index contributed by atoms with van der Waals surface area (Å²) >= 11 is 0. The van der Waals surface area contributed by atoms with Crippen LogP contribution in [0, 0.1) is 0 Å². The third-order valence-corrected chi connectivity index (χ3v) is 2.60. The van der Waals surface area contributed by atoms with Gasteiger partial charge in [-0.2, -0.15) is 0 Å². The number of hydrogen-bond donors (Lipinski definition) is 0. The average molecular weight is 227 g/mol. The summed E-state index contributed by atoms with van der Waals surface area (Å²) in [5.74, 6) is 0.222. The molecule has 1 amide bonds. The SMILES string of the molecule is C[C@@H]1CC(=O)C[C@@H](C)N1C(=O)OC(C)(C)C. The number of hydrogen-bond acceptors (Lipinski definition) is 3. The molecule has 0 saturated carbocycles. The van der Waals surface area contributed by atoms with Crippen LogP contribution in [0.1, 0.15) is 47.5 Å². The van der Waals surface area contributed by atoms with Crippen LogP contribution in [0.2, 0.25) is 0 Å². The molecule has 0 N–H and O–H groups in total. The molecule has 0 bridgehead atoms. The number of ether oxygens (including phenoxy) is 1. The van der Waals surface area contributed by atoms with Crippen LogP contribution in [-0.4, -0.2) is 34.5 Å². The number of Topliss-reactive ketones (excluding diaryl/α,β-unsaturated/α-hetero) is 1. The fourth-order valence-electron chi connectivity index (χ4n) is 2.05. The Hall–Kier alpha value is -1.06. The van der Waals surface area contributed by atoms with Crippen LogP contribution in [0.4, 0.5) is 4.79 Å². The Morgan fingerprint density at radius 1 is 1.25 bits per heavy atom. The van der Waals surface area contributed by atoms with Crippen molar-refractivity contribution in [3.8, 4) is 0 Å². The highest BCUT2D eigenvalue weighted by Crippen LogP contribution is 2.22. The zero-order valence-electron chi connectivity index (χ0n) is 10.7. The number of amides is 1. The quantitative estimate of drug-likeness (QED) is 0.638. The Balaban J connectivity index is 2.71. The van der Waals surface area contributed by atoms with E-state index in [1.54, 1.807) is 4.90 Å². The Labute approximate surface area is 96.9 Å². The largest absolute Gasteiger partial charge is 0.444 e. The topological polar surface area (TPSA) is 46.6 Å². The molecular formula is C12H21NO3. The number of ketones is 1. The van der Waals surface area contributed by atoms with E-state index in [4.69, 9.17) is 4.74 Å². The molecule has 1 saturated heterocycles. The molecular weight excluding hydrogens is 206 g/mol. The van der Waals surface area contributed by atoms with E-state index in [9.17, 15) is 9.59 Å². The summed E-state index contributed by atoms with van der Waals surface area (Å²) in [6.07, 6.45) is 0.549. The van der Waals surface area contributed by atoms with Crippen LogP contribution in [0.15, 0.2) is 0 Å². The fraction of sp³-hybridized carbons (Fsp3) is 0.833. The van der Waals surface area contributed by atoms with Gasteiger partial charge in [-0.3, -0.25) is 4.79 Å². The number of likely N-dealkylation sites (tertiary alicyclic amines) is 1. The summed E-state index contributed by atoms with van der Waals surface area (Å²) < 4.78 is 5.33. The van der Waals surface area contributed by atoms with Gasteiger partial charge in [0.05, 0.1) is 0 Å². The van der Waals surface area contributed by atoms with E-state index in [0.29, 0.717) is 12.8 Å². The maximum Gasteiger partial charge on any atom is 0.410 e. The van der Waals surface area contributed by atoms with E-state index in [-0.39, 0.29) is 24.0 Å². The maximum absolute atomic E-state index is 11.9. The first-order chi connectivity index (χ1) is 7.20. The second kappa shape index (κ2) is 4.44. The summed E-state index contributed by atoms with van der Waals surface area (Å²) in [6, 6.07) is -0.128. The lowest BCUT2D eigenvalue weighted by atomic mass is 9.97. The van der Waals surface area contributed by atoms with E-state index >= 15 is 0 Å². The Morgan fingerprint density at radius 2 is 1.69 bits per heavy atom. The Bertz CT molecular complexity index is 279. The molecule has 1 fully saturated rings. The molecule has 1 heterocycles. The lowest BCUT2D eigenvalue weighted by molar-refractivity contribution is -0.124. The van der Waals surface area contributed by atoms with Gasteiger partial charge in [-0.15, -0.1) is 0 Å². The number of rotatable bonds is 0. The molecule has 0 radical (unpaired) electrons. The van der Waals surface area contributed by atoms with Crippen molar-refractivity contribution < 1.29 is 14.3 Å². The normalized spacial score (nSPS) is 26.8. The molecule has 4 heteroatoms. The molecule has 1 aliphatic heterocycles. The molecule has 0 aliphatic carbocycles. The smallest absolute Gasteiger partial charge is 0.410 e. The van der Waals surface area contributed by atoms with E-state index in [0.717, 1.165) is 0 Å². The van der Waals surface area contributed by atoms with E-state index in [2.05, 4.69) is 0 Å². The first-order valence-electron chi connectivity index (χ1n) is 5.73. The molecule has 0 aromatic rings. The van der Waals surface area contributed by atoms with Gasteiger partial charge in [-0.05, 0) is 34.6 Å². The van der Waals surface area contributed by atoms with Crippen molar-refractivity contribution in [3.05, 3.63) is 0 Å². The summed E-state index contributed by atoms with van der Waals surface area (Å²) in [4.78, 5) is 25.0. The third kappa shape index (κ3) is 3.22. The van der Waals surface area contributed by atoms with Gasteiger partial charge in [0.15, 0.2) is 0 Å². The number of nitrogens with zero attached hydrogens (tertiary/aromatic N) is 1. The summed E-state index contributed by atoms with van der Waals surface area (Å²) in [5, 5.41) is 0. The van der Waals surface area contributed by atoms with Crippen LogP contribution >= 0.6 is 0 Å². The standard InChI is InChI=1S/C12H21NO3/c1-8-6-10(14)7-9(2)13(8)11(15)16-12(3,4)5/h8-9H,6-7H2,1-5H3/t8-,9-/m1/s1. The van der Waals surface area contributed by atoms with Crippen molar-refractivity contribution in [2.45, 2.75) is 65.1 Å². The van der Waals surface area contributed by atoms with Crippen molar-refractivity contribution in [2.24, 2.45) is 0 Å². The molecule has 0 unspecified atom stereocenters. The van der Waals surface area contributed by atoms with Crippen molar-refractivity contribution >= 4 is 11.9 Å². The van der Waals surface area contributed by atoms with Crippen LogP contribution in [0.5, 0.6) is 0 Å². The van der Waals surface area contributed by atoms with Crippen molar-refractivity contribution in [1.82, 2.24) is 4.90 Å². The third-order valence-electron chi connectivity index (χ3n) is 2.60. The van der Waals surface area contributed by atoms with E-state index in [1.165, 1.54) is 0 Å². The van der Waals surface area contributed by atoms with Gasteiger partial charge in [-0.1, -0.05) is 0 Å². The highest BCUT2D eigenvalue weighted by Gasteiger charge is 2.35. The summed E-state index contributed by atoms with van der Waals surface area (Å²) in [6.45, 7) is 9.30. The van der Waals surface area contributed by atoms with Crippen molar-refractivity contribution in [1.29, 1.82) is 0 Å². The minimum atomic E-state index is -0.488. The van der Waals surface area contributed by atoms with E-state index < -0.39 is 5.60 Å². The zero-order valence-corrected chi connectivity index (χ0v) is 10.7. The van der Waals surface area contributed by atoms with E-state index in [1.807, 2.05) is 34.6 Å². The van der Waals surface area contributed by atoms with Crippen LogP contribution in [0.25, 0.3) is 0 Å². The lowest BCUT2D eigenvalue weighted by Gasteiger charge is -2.38. The zero-order chi connectivity index (χ0) is 12.5. The first-order valence-corrected chi connectivity index (χ1v) is 5.73. The van der Waals surface area contributed by atoms with Crippen molar-refractivity contribution in [2.75, 3.05) is 0 Å². The Morgan fingerprint density at radius 3 is 2.06 bits per heavy atom. The number of carbonyl (C=O) groups excluding carboxylic acids is 2. The van der Waals surface area contributed by atoms with Gasteiger partial charge in [-0.25, -0.2) is 4.79 Å². The first kappa shape index (κ1) is 13.0. The van der Waals surface area contributed by atoms with Crippen LogP contribution in [-0.2, 0) is 9.53 Å². The van der Waals surface area contributed by atoms with Gasteiger partial charge in [0.25, 0.3) is 0 Å². The fourth-order valence-corrected chi connectivity index (χ4v) is 2.05. The second-order valence-electron chi connectivity index (χ2n) is 5.53. The van der Waals surface area contributed by atoms with Crippen molar-refractivity contribution in [3.63, 3.8) is 0 Å². The van der Waals surface area contributed by atoms with Gasteiger partial charge in [0.2, 0.25) is 0 Å². The minimum Gasteiger partial charge on any atom is -0.444 e. The molecule has 0 spiro atoms. The predicted octanol–water partition coefficient (Wildman–Crippen LogP) is 2.36. The van der Waals surface area contributed by atoms with Gasteiger partial charge < -0.3 is 9.64 Å². The maximum atomic E-state index is 11.9. The highest BCUT2D eigenvalue weighted by molar-refractivity contribution is 5.82. The van der Waals surface area contributed by atoms with Crippen LogP contribution in [0.3, 0.4) is 0 Å². The molecule has 16 heavy (non-hydrogen) atoms. The van der Waals surface area contributed by atoms with Crippen LogP contribution < -0.4 is 0 Å². The van der Waals surface area contributed by atoms with Gasteiger partial charge >= 0.3 is 6.09 Å². The highest BCUT2D eigenvalue weighted by atomic mass is 16.6. The monoisotopic (exact) mass is 227 g/mol. The molecule has 0 aromatic heterocycles. The average Bonchev–Trinajstić information content (AvgIpc) is 1.96. The Kier molecular flexibility index (Phi) is 3.61. The predicted molar refractivity (Wildman–Crippen MR) is 61.2 cm³/mol. The molecule has 1 rings (SSSR count). The molecule has 1 aliphatic rings. The minimum absolute atomic E-state index is 0.0638. The molecule has 2 atom stereocenters. The van der Waals surface area contributed by atoms with Gasteiger partial charge in [0.1, 0.15) is 11.4 Å². The molecule has 92 valence electrons. The number of carbonyl (C=O) groups is 2. The molecule has 0 aromatic carbocycles. The summed E-state index contributed by atoms with van der Waals surface area (Å²) in [7, 11) is 0.